The molecule has 0 saturated carbocycles. The van der Waals surface area contributed by atoms with Gasteiger partial charge in [-0.3, -0.25) is 5.43 Å². The fourth-order valence-corrected chi connectivity index (χ4v) is 1.19. The first-order valence-corrected chi connectivity index (χ1v) is 4.79. The average Bonchev–Trinajstić information content (AvgIpc) is 2.25. The fraction of sp³-hybridized carbons (Fsp3) is 0.200. The molecule has 0 fully saturated rings. The summed E-state index contributed by atoms with van der Waals surface area (Å²) in [5.74, 6) is 0.767. The lowest BCUT2D eigenvalue weighted by atomic mass is 10.1. The van der Waals surface area contributed by atoms with Crippen molar-refractivity contribution in [3.8, 4) is 5.75 Å². The van der Waals surface area contributed by atoms with Crippen LogP contribution in [0.15, 0.2) is 29.4 Å². The first-order chi connectivity index (χ1) is 7.15. The molecular formula is C10H13N3OS. The number of nitrogens with one attached hydrogen (secondary N) is 1. The Morgan fingerprint density at radius 3 is 2.73 bits per heavy atom. The van der Waals surface area contributed by atoms with Gasteiger partial charge in [-0.15, -0.1) is 0 Å². The zero-order chi connectivity index (χ0) is 11.3. The van der Waals surface area contributed by atoms with Crippen LogP contribution >= 0.6 is 12.2 Å². The molecule has 4 nitrogen and oxygen atoms in total. The second-order valence-electron chi connectivity index (χ2n) is 2.87. The topological polar surface area (TPSA) is 59.6 Å². The maximum Gasteiger partial charge on any atom is 0.184 e. The van der Waals surface area contributed by atoms with Gasteiger partial charge in [-0.1, -0.05) is 12.1 Å². The third-order valence-corrected chi connectivity index (χ3v) is 1.92. The molecule has 1 aromatic carbocycles. The van der Waals surface area contributed by atoms with E-state index in [1.54, 1.807) is 7.11 Å². The number of nitrogens with zero attached hydrogens (tertiary/aromatic N) is 1. The number of hydrogen-bond donors (Lipinski definition) is 2. The predicted molar refractivity (Wildman–Crippen MR) is 65.1 cm³/mol. The molecule has 5 heteroatoms. The van der Waals surface area contributed by atoms with Gasteiger partial charge in [-0.25, -0.2) is 0 Å². The van der Waals surface area contributed by atoms with Crippen molar-refractivity contribution in [1.29, 1.82) is 0 Å². The number of hydrazone groups is 1. The lowest BCUT2D eigenvalue weighted by Gasteiger charge is -2.07. The highest BCUT2D eigenvalue weighted by atomic mass is 32.1. The molecule has 0 heterocycles. The Morgan fingerprint density at radius 1 is 1.47 bits per heavy atom. The van der Waals surface area contributed by atoms with Crippen molar-refractivity contribution in [3.05, 3.63) is 29.8 Å². The fourth-order valence-electron chi connectivity index (χ4n) is 1.14. The largest absolute Gasteiger partial charge is 0.496 e. The zero-order valence-electron chi connectivity index (χ0n) is 8.65. The number of ether oxygens (including phenoxy) is 1. The van der Waals surface area contributed by atoms with Crippen molar-refractivity contribution in [2.75, 3.05) is 7.11 Å². The molecule has 80 valence electrons. The number of thiocarbonyl (C=S) groups is 1. The van der Waals surface area contributed by atoms with Crippen molar-refractivity contribution in [3.63, 3.8) is 0 Å². The minimum atomic E-state index is 0.143. The van der Waals surface area contributed by atoms with Gasteiger partial charge in [0.05, 0.1) is 12.8 Å². The number of methoxy groups -OCH3 is 1. The molecule has 0 saturated heterocycles. The van der Waals surface area contributed by atoms with Crippen molar-refractivity contribution < 1.29 is 4.74 Å². The quantitative estimate of drug-likeness (QED) is 0.460. The highest BCUT2D eigenvalue weighted by Gasteiger charge is 2.04. The summed E-state index contributed by atoms with van der Waals surface area (Å²) in [6, 6.07) is 7.60. The normalized spacial score (nSPS) is 10.9. The van der Waals surface area contributed by atoms with Crippen LogP contribution < -0.4 is 15.9 Å². The SMILES string of the molecule is COc1ccccc1C(C)=NNC(N)=S. The summed E-state index contributed by atoms with van der Waals surface area (Å²) in [5.41, 5.74) is 9.48. The van der Waals surface area contributed by atoms with Gasteiger partial charge in [0, 0.05) is 5.56 Å². The highest BCUT2D eigenvalue weighted by Crippen LogP contribution is 2.17. The van der Waals surface area contributed by atoms with Gasteiger partial charge < -0.3 is 10.5 Å². The van der Waals surface area contributed by atoms with E-state index in [1.807, 2.05) is 31.2 Å². The van der Waals surface area contributed by atoms with Gasteiger partial charge in [0.2, 0.25) is 0 Å². The summed E-state index contributed by atoms with van der Waals surface area (Å²) >= 11 is 4.65. The maximum absolute atomic E-state index is 5.27. The van der Waals surface area contributed by atoms with Crippen LogP contribution in [0.5, 0.6) is 5.75 Å². The summed E-state index contributed by atoms with van der Waals surface area (Å²) < 4.78 is 5.20. The third kappa shape index (κ3) is 3.21. The molecule has 0 aliphatic heterocycles. The molecule has 0 aliphatic rings. The molecule has 1 rings (SSSR count). The molecule has 0 spiro atoms. The second-order valence-corrected chi connectivity index (χ2v) is 3.31. The van der Waals surface area contributed by atoms with Gasteiger partial charge in [-0.2, -0.15) is 5.10 Å². The van der Waals surface area contributed by atoms with Gasteiger partial charge in [-0.05, 0) is 31.3 Å². The first kappa shape index (κ1) is 11.5. The molecule has 0 radical (unpaired) electrons. The van der Waals surface area contributed by atoms with Crippen molar-refractivity contribution in [1.82, 2.24) is 5.43 Å². The summed E-state index contributed by atoms with van der Waals surface area (Å²) in [7, 11) is 1.62. The Balaban J connectivity index is 2.94. The van der Waals surface area contributed by atoms with Crippen LogP contribution in [-0.2, 0) is 0 Å². The molecule has 15 heavy (non-hydrogen) atoms. The summed E-state index contributed by atoms with van der Waals surface area (Å²) in [5, 5.41) is 4.17. The average molecular weight is 223 g/mol. The Labute approximate surface area is 94.1 Å². The molecular weight excluding hydrogens is 210 g/mol. The Morgan fingerprint density at radius 2 is 2.13 bits per heavy atom. The summed E-state index contributed by atoms with van der Waals surface area (Å²) in [4.78, 5) is 0. The van der Waals surface area contributed by atoms with Gasteiger partial charge in [0.1, 0.15) is 5.75 Å². The third-order valence-electron chi connectivity index (χ3n) is 1.83. The molecule has 0 atom stereocenters. The molecule has 3 N–H and O–H groups in total. The molecule has 0 unspecified atom stereocenters. The van der Waals surface area contributed by atoms with Crippen molar-refractivity contribution >= 4 is 23.0 Å². The van der Waals surface area contributed by atoms with Gasteiger partial charge in [0.15, 0.2) is 5.11 Å². The molecule has 0 amide bonds. The van der Waals surface area contributed by atoms with Crippen LogP contribution in [0.1, 0.15) is 12.5 Å². The Hall–Kier alpha value is -1.62. The minimum absolute atomic E-state index is 0.143. The van der Waals surface area contributed by atoms with E-state index < -0.39 is 0 Å². The van der Waals surface area contributed by atoms with Crippen molar-refractivity contribution in [2.45, 2.75) is 6.92 Å². The monoisotopic (exact) mass is 223 g/mol. The first-order valence-electron chi connectivity index (χ1n) is 4.38. The van der Waals surface area contributed by atoms with Crippen molar-refractivity contribution in [2.24, 2.45) is 10.8 Å². The molecule has 0 aliphatic carbocycles. The molecule has 0 bridgehead atoms. The van der Waals surface area contributed by atoms with E-state index >= 15 is 0 Å². The van der Waals surface area contributed by atoms with Crippen LogP contribution in [-0.4, -0.2) is 17.9 Å². The summed E-state index contributed by atoms with van der Waals surface area (Å²) in [6.45, 7) is 1.85. The number of rotatable bonds is 3. The molecule has 0 aromatic heterocycles. The minimum Gasteiger partial charge on any atom is -0.496 e. The standard InChI is InChI=1S/C10H13N3OS/c1-7(12-13-10(11)15)8-5-3-4-6-9(8)14-2/h3-6H,1-2H3,(H3,11,13,15). The zero-order valence-corrected chi connectivity index (χ0v) is 9.47. The van der Waals surface area contributed by atoms with E-state index in [-0.39, 0.29) is 5.11 Å². The highest BCUT2D eigenvalue weighted by molar-refractivity contribution is 7.80. The van der Waals surface area contributed by atoms with E-state index in [4.69, 9.17) is 10.5 Å². The van der Waals surface area contributed by atoms with Crippen LogP contribution in [0.2, 0.25) is 0 Å². The number of hydrogen-bond acceptors (Lipinski definition) is 3. The van der Waals surface area contributed by atoms with Gasteiger partial charge >= 0.3 is 0 Å². The van der Waals surface area contributed by atoms with Crippen LogP contribution in [0.25, 0.3) is 0 Å². The van der Waals surface area contributed by atoms with Crippen LogP contribution in [0.3, 0.4) is 0 Å². The maximum atomic E-state index is 5.27. The molecule has 1 aromatic rings. The van der Waals surface area contributed by atoms with E-state index in [9.17, 15) is 0 Å². The van der Waals surface area contributed by atoms with E-state index in [0.29, 0.717) is 0 Å². The Kier molecular flexibility index (Phi) is 4.05. The van der Waals surface area contributed by atoms with E-state index in [2.05, 4.69) is 22.7 Å². The summed E-state index contributed by atoms with van der Waals surface area (Å²) in [6.07, 6.45) is 0. The second kappa shape index (κ2) is 5.31. The van der Waals surface area contributed by atoms with Gasteiger partial charge in [0.25, 0.3) is 0 Å². The predicted octanol–water partition coefficient (Wildman–Crippen LogP) is 1.25. The van der Waals surface area contributed by atoms with E-state index in [0.717, 1.165) is 17.0 Å². The number of para-hydroxylation sites is 1. The number of nitrogens with two attached hydrogens (primary N) is 1. The lowest BCUT2D eigenvalue weighted by Crippen LogP contribution is -2.25. The van der Waals surface area contributed by atoms with Crippen LogP contribution in [0, 0.1) is 0 Å². The smallest absolute Gasteiger partial charge is 0.184 e. The lowest BCUT2D eigenvalue weighted by molar-refractivity contribution is 0.414. The van der Waals surface area contributed by atoms with E-state index in [1.165, 1.54) is 0 Å². The number of benzene rings is 1. The Bertz CT molecular complexity index is 390. The van der Waals surface area contributed by atoms with Crippen LogP contribution in [0.4, 0.5) is 0 Å².